The third-order valence-electron chi connectivity index (χ3n) is 2.66. The summed E-state index contributed by atoms with van der Waals surface area (Å²) in [5.74, 6) is 2.33. The Balaban J connectivity index is 2.65. The van der Waals surface area contributed by atoms with E-state index in [0.29, 0.717) is 6.04 Å². The van der Waals surface area contributed by atoms with Crippen molar-refractivity contribution in [2.75, 3.05) is 12.8 Å². The number of aromatic nitrogens is 2. The van der Waals surface area contributed by atoms with Crippen LogP contribution in [-0.4, -0.2) is 29.0 Å². The molecule has 0 bridgehead atoms. The number of nitrogens with one attached hydrogen (secondary N) is 1. The Kier molecular flexibility index (Phi) is 5.46. The fourth-order valence-corrected chi connectivity index (χ4v) is 2.04. The highest BCUT2D eigenvalue weighted by Gasteiger charge is 2.26. The summed E-state index contributed by atoms with van der Waals surface area (Å²) in [6.45, 7) is 9.73. The predicted octanol–water partition coefficient (Wildman–Crippen LogP) is 2.50. The van der Waals surface area contributed by atoms with E-state index >= 15 is 0 Å². The van der Waals surface area contributed by atoms with Gasteiger partial charge in [0.1, 0.15) is 0 Å². The van der Waals surface area contributed by atoms with Gasteiger partial charge in [-0.1, -0.05) is 32.9 Å². The third-order valence-corrected chi connectivity index (χ3v) is 3.21. The molecule has 1 rings (SSSR count). The van der Waals surface area contributed by atoms with Crippen molar-refractivity contribution in [3.63, 3.8) is 0 Å². The molecule has 98 valence electrons. The highest BCUT2D eigenvalue weighted by atomic mass is 32.2. The predicted molar refractivity (Wildman–Crippen MR) is 72.1 cm³/mol. The summed E-state index contributed by atoms with van der Waals surface area (Å²) in [5.41, 5.74) is 0.185. The van der Waals surface area contributed by atoms with E-state index in [9.17, 15) is 0 Å². The van der Waals surface area contributed by atoms with Gasteiger partial charge in [0.15, 0.2) is 5.82 Å². The maximum Gasteiger partial charge on any atom is 0.228 e. The lowest BCUT2D eigenvalue weighted by Gasteiger charge is -2.30. The molecule has 0 aliphatic rings. The van der Waals surface area contributed by atoms with Crippen LogP contribution in [-0.2, 0) is 12.2 Å². The van der Waals surface area contributed by atoms with Crippen LogP contribution >= 0.6 is 11.8 Å². The van der Waals surface area contributed by atoms with E-state index in [-0.39, 0.29) is 5.41 Å². The smallest absolute Gasteiger partial charge is 0.228 e. The van der Waals surface area contributed by atoms with E-state index in [1.165, 1.54) is 0 Å². The lowest BCUT2D eigenvalue weighted by atomic mass is 9.84. The molecule has 1 aromatic rings. The number of rotatable bonds is 6. The van der Waals surface area contributed by atoms with Gasteiger partial charge in [0.2, 0.25) is 5.89 Å². The van der Waals surface area contributed by atoms with Crippen molar-refractivity contribution in [1.82, 2.24) is 15.5 Å². The summed E-state index contributed by atoms with van der Waals surface area (Å²) in [5, 5.41) is 7.45. The number of nitrogens with zero attached hydrogens (tertiary/aromatic N) is 2. The Morgan fingerprint density at radius 2 is 2.12 bits per heavy atom. The standard InChI is InChI=1S/C12H23N3OS/c1-6-13-9(12(2,3)4)7-11-14-10(8-17-5)15-16-11/h9,13H,6-8H2,1-5H3. The lowest BCUT2D eigenvalue weighted by Crippen LogP contribution is -2.41. The monoisotopic (exact) mass is 257 g/mol. The Bertz CT molecular complexity index is 333. The molecule has 0 amide bonds. The molecule has 0 aliphatic carbocycles. The SMILES string of the molecule is CCNC(Cc1nc(CSC)no1)C(C)(C)C. The second-order valence-corrected chi connectivity index (χ2v) is 6.08. The number of likely N-dealkylation sites (N-methyl/N-ethyl adjacent to an activating group) is 1. The van der Waals surface area contributed by atoms with Gasteiger partial charge in [-0.25, -0.2) is 0 Å². The average Bonchev–Trinajstić information content (AvgIpc) is 2.64. The highest BCUT2D eigenvalue weighted by Crippen LogP contribution is 2.22. The van der Waals surface area contributed by atoms with Crippen molar-refractivity contribution in [3.05, 3.63) is 11.7 Å². The van der Waals surface area contributed by atoms with E-state index in [1.54, 1.807) is 11.8 Å². The molecular weight excluding hydrogens is 234 g/mol. The van der Waals surface area contributed by atoms with E-state index in [0.717, 1.165) is 30.4 Å². The number of hydrogen-bond acceptors (Lipinski definition) is 5. The molecule has 1 heterocycles. The molecule has 5 heteroatoms. The molecule has 1 aromatic heterocycles. The lowest BCUT2D eigenvalue weighted by molar-refractivity contribution is 0.247. The minimum absolute atomic E-state index is 0.185. The molecule has 0 radical (unpaired) electrons. The summed E-state index contributed by atoms with van der Waals surface area (Å²) in [6, 6.07) is 0.357. The Morgan fingerprint density at radius 1 is 1.41 bits per heavy atom. The van der Waals surface area contributed by atoms with Gasteiger partial charge >= 0.3 is 0 Å². The van der Waals surface area contributed by atoms with Gasteiger partial charge in [-0.3, -0.25) is 0 Å². The molecule has 0 saturated carbocycles. The number of thioether (sulfide) groups is 1. The van der Waals surface area contributed by atoms with Gasteiger partial charge in [0.25, 0.3) is 0 Å². The van der Waals surface area contributed by atoms with Crippen molar-refractivity contribution < 1.29 is 4.52 Å². The van der Waals surface area contributed by atoms with Crippen LogP contribution in [0.3, 0.4) is 0 Å². The fraction of sp³-hybridized carbons (Fsp3) is 0.833. The maximum atomic E-state index is 5.27. The summed E-state index contributed by atoms with van der Waals surface area (Å²) >= 11 is 1.70. The molecule has 1 atom stereocenters. The topological polar surface area (TPSA) is 51.0 Å². The average molecular weight is 257 g/mol. The molecule has 0 aliphatic heterocycles. The molecular formula is C12H23N3OS. The highest BCUT2D eigenvalue weighted by molar-refractivity contribution is 7.97. The first-order valence-electron chi connectivity index (χ1n) is 6.01. The van der Waals surface area contributed by atoms with Gasteiger partial charge in [0.05, 0.1) is 5.75 Å². The van der Waals surface area contributed by atoms with Crippen molar-refractivity contribution >= 4 is 11.8 Å². The van der Waals surface area contributed by atoms with Crippen molar-refractivity contribution in [3.8, 4) is 0 Å². The van der Waals surface area contributed by atoms with E-state index in [4.69, 9.17) is 4.52 Å². The van der Waals surface area contributed by atoms with Gasteiger partial charge in [-0.2, -0.15) is 16.7 Å². The zero-order valence-corrected chi connectivity index (χ0v) is 12.2. The summed E-state index contributed by atoms with van der Waals surface area (Å²) in [7, 11) is 0. The van der Waals surface area contributed by atoms with Crippen molar-refractivity contribution in [1.29, 1.82) is 0 Å². The number of hydrogen-bond donors (Lipinski definition) is 1. The molecule has 1 unspecified atom stereocenters. The van der Waals surface area contributed by atoms with Gasteiger partial charge < -0.3 is 9.84 Å². The van der Waals surface area contributed by atoms with Crippen molar-refractivity contribution in [2.45, 2.75) is 45.9 Å². The minimum atomic E-state index is 0.185. The Labute approximate surface area is 108 Å². The van der Waals surface area contributed by atoms with Crippen LogP contribution in [0, 0.1) is 5.41 Å². The second-order valence-electron chi connectivity index (χ2n) is 5.22. The zero-order chi connectivity index (χ0) is 12.9. The minimum Gasteiger partial charge on any atom is -0.339 e. The molecule has 4 nitrogen and oxygen atoms in total. The van der Waals surface area contributed by atoms with Gasteiger partial charge in [0, 0.05) is 12.5 Å². The fourth-order valence-electron chi connectivity index (χ4n) is 1.67. The first-order chi connectivity index (χ1) is 7.97. The van der Waals surface area contributed by atoms with Crippen molar-refractivity contribution in [2.24, 2.45) is 5.41 Å². The summed E-state index contributed by atoms with van der Waals surface area (Å²) < 4.78 is 5.27. The van der Waals surface area contributed by atoms with Gasteiger partial charge in [-0.15, -0.1) is 0 Å². The molecule has 0 aromatic carbocycles. The Hall–Kier alpha value is -0.550. The van der Waals surface area contributed by atoms with E-state index < -0.39 is 0 Å². The quantitative estimate of drug-likeness (QED) is 0.848. The third kappa shape index (κ3) is 4.68. The summed E-state index contributed by atoms with van der Waals surface area (Å²) in [4.78, 5) is 4.40. The van der Waals surface area contributed by atoms with E-state index in [2.05, 4.69) is 43.2 Å². The molecule has 0 fully saturated rings. The molecule has 1 N–H and O–H groups in total. The van der Waals surface area contributed by atoms with E-state index in [1.807, 2.05) is 6.26 Å². The van der Waals surface area contributed by atoms with Gasteiger partial charge in [-0.05, 0) is 18.2 Å². The van der Waals surface area contributed by atoms with Crippen LogP contribution in [0.2, 0.25) is 0 Å². The first kappa shape index (κ1) is 14.5. The van der Waals surface area contributed by atoms with Crippen LogP contribution in [0.4, 0.5) is 0 Å². The van der Waals surface area contributed by atoms with Crippen LogP contribution in [0.15, 0.2) is 4.52 Å². The normalized spacial score (nSPS) is 13.9. The molecule has 0 spiro atoms. The van der Waals surface area contributed by atoms with Crippen LogP contribution in [0.25, 0.3) is 0 Å². The summed E-state index contributed by atoms with van der Waals surface area (Å²) in [6.07, 6.45) is 2.82. The molecule has 17 heavy (non-hydrogen) atoms. The molecule has 0 saturated heterocycles. The zero-order valence-electron chi connectivity index (χ0n) is 11.4. The Morgan fingerprint density at radius 3 is 2.65 bits per heavy atom. The maximum absolute atomic E-state index is 5.27. The first-order valence-corrected chi connectivity index (χ1v) is 7.40. The van der Waals surface area contributed by atoms with Crippen LogP contribution in [0.5, 0.6) is 0 Å². The van der Waals surface area contributed by atoms with Crippen LogP contribution in [0.1, 0.15) is 39.4 Å². The van der Waals surface area contributed by atoms with Crippen LogP contribution < -0.4 is 5.32 Å². The second kappa shape index (κ2) is 6.40. The largest absolute Gasteiger partial charge is 0.339 e.